The molecule has 0 amide bonds. The number of nitrogens with zero attached hydrogens (tertiary/aromatic N) is 1. The Labute approximate surface area is 94.4 Å². The van der Waals surface area contributed by atoms with E-state index < -0.39 is 0 Å². The van der Waals surface area contributed by atoms with Crippen molar-refractivity contribution in [3.63, 3.8) is 0 Å². The van der Waals surface area contributed by atoms with Gasteiger partial charge in [0.05, 0.1) is 0 Å². The van der Waals surface area contributed by atoms with Crippen molar-refractivity contribution in [3.05, 3.63) is 0 Å². The van der Waals surface area contributed by atoms with Gasteiger partial charge >= 0.3 is 0 Å². The second kappa shape index (κ2) is 3.74. The van der Waals surface area contributed by atoms with Crippen molar-refractivity contribution in [2.45, 2.75) is 70.5 Å². The number of likely N-dealkylation sites (tertiary alicyclic amines) is 1. The summed E-state index contributed by atoms with van der Waals surface area (Å²) in [6.07, 6.45) is 5.45. The topological polar surface area (TPSA) is 15.3 Å². The van der Waals surface area contributed by atoms with Crippen LogP contribution < -0.4 is 5.32 Å². The highest BCUT2D eigenvalue weighted by atomic mass is 15.2. The Morgan fingerprint density at radius 3 is 2.13 bits per heavy atom. The van der Waals surface area contributed by atoms with Crippen molar-refractivity contribution in [2.75, 3.05) is 13.1 Å². The first-order valence-electron chi connectivity index (χ1n) is 6.44. The number of rotatable bonds is 0. The zero-order valence-electron chi connectivity index (χ0n) is 10.8. The van der Waals surface area contributed by atoms with Crippen LogP contribution in [0.15, 0.2) is 0 Å². The van der Waals surface area contributed by atoms with Gasteiger partial charge in [0.1, 0.15) is 0 Å². The van der Waals surface area contributed by atoms with Crippen LogP contribution in [0.3, 0.4) is 0 Å². The van der Waals surface area contributed by atoms with Crippen LogP contribution in [0.25, 0.3) is 0 Å². The fourth-order valence-corrected chi connectivity index (χ4v) is 3.16. The summed E-state index contributed by atoms with van der Waals surface area (Å²) in [5.74, 6) is 0. The third kappa shape index (κ3) is 2.36. The fourth-order valence-electron chi connectivity index (χ4n) is 3.16. The number of hydrogen-bond acceptors (Lipinski definition) is 2. The fraction of sp³-hybridized carbons (Fsp3) is 1.00. The first-order chi connectivity index (χ1) is 6.91. The molecule has 2 rings (SSSR count). The van der Waals surface area contributed by atoms with E-state index in [9.17, 15) is 0 Å². The van der Waals surface area contributed by atoms with E-state index in [4.69, 9.17) is 0 Å². The Kier molecular flexibility index (Phi) is 2.85. The third-order valence-corrected chi connectivity index (χ3v) is 4.28. The monoisotopic (exact) mass is 210 g/mol. The van der Waals surface area contributed by atoms with Gasteiger partial charge in [0.25, 0.3) is 0 Å². The molecule has 1 N–H and O–H groups in total. The Morgan fingerprint density at radius 2 is 1.73 bits per heavy atom. The van der Waals surface area contributed by atoms with E-state index in [1.807, 2.05) is 0 Å². The smallest absolute Gasteiger partial charge is 0.0208 e. The van der Waals surface area contributed by atoms with Crippen molar-refractivity contribution in [1.29, 1.82) is 0 Å². The lowest BCUT2D eigenvalue weighted by Gasteiger charge is -2.45. The van der Waals surface area contributed by atoms with E-state index in [1.165, 1.54) is 38.8 Å². The predicted octanol–water partition coefficient (Wildman–Crippen LogP) is 2.39. The van der Waals surface area contributed by atoms with E-state index in [1.54, 1.807) is 0 Å². The Bertz CT molecular complexity index is 221. The van der Waals surface area contributed by atoms with E-state index in [2.05, 4.69) is 37.9 Å². The zero-order chi connectivity index (χ0) is 11.1. The zero-order valence-corrected chi connectivity index (χ0v) is 10.8. The van der Waals surface area contributed by atoms with Gasteiger partial charge in [-0.05, 0) is 53.4 Å². The minimum absolute atomic E-state index is 0.353. The highest BCUT2D eigenvalue weighted by Gasteiger charge is 2.40. The first kappa shape index (κ1) is 11.4. The van der Waals surface area contributed by atoms with Crippen LogP contribution in [0, 0.1) is 0 Å². The van der Waals surface area contributed by atoms with Crippen molar-refractivity contribution in [1.82, 2.24) is 10.2 Å². The van der Waals surface area contributed by atoms with Crippen LogP contribution in [0.1, 0.15) is 53.4 Å². The molecule has 15 heavy (non-hydrogen) atoms. The standard InChI is InChI=1S/C13H26N2/c1-11-5-6-13(14-11)7-9-15(10-8-13)12(2,3)4/h11,14H,5-10H2,1-4H3. The van der Waals surface area contributed by atoms with E-state index in [0.717, 1.165) is 6.04 Å². The summed E-state index contributed by atoms with van der Waals surface area (Å²) >= 11 is 0. The molecule has 2 heterocycles. The molecular formula is C13H26N2. The molecule has 1 spiro atoms. The average molecular weight is 210 g/mol. The van der Waals surface area contributed by atoms with E-state index in [0.29, 0.717) is 11.1 Å². The molecule has 1 unspecified atom stereocenters. The highest BCUT2D eigenvalue weighted by molar-refractivity contribution is 5.00. The number of nitrogens with one attached hydrogen (secondary N) is 1. The maximum atomic E-state index is 3.81. The molecule has 2 aliphatic rings. The molecule has 0 saturated carbocycles. The molecule has 0 radical (unpaired) electrons. The molecule has 0 aliphatic carbocycles. The van der Waals surface area contributed by atoms with E-state index >= 15 is 0 Å². The molecule has 2 aliphatic heterocycles. The lowest BCUT2D eigenvalue weighted by atomic mass is 9.84. The van der Waals surface area contributed by atoms with Gasteiger partial charge in [-0.15, -0.1) is 0 Å². The van der Waals surface area contributed by atoms with Gasteiger partial charge in [-0.3, -0.25) is 4.90 Å². The number of hydrogen-bond donors (Lipinski definition) is 1. The minimum atomic E-state index is 0.353. The van der Waals surface area contributed by atoms with Gasteiger partial charge in [0.15, 0.2) is 0 Å². The predicted molar refractivity (Wildman–Crippen MR) is 65.1 cm³/mol. The van der Waals surface area contributed by atoms with Gasteiger partial charge in [-0.1, -0.05) is 0 Å². The summed E-state index contributed by atoms with van der Waals surface area (Å²) in [5.41, 5.74) is 0.854. The van der Waals surface area contributed by atoms with Gasteiger partial charge in [-0.25, -0.2) is 0 Å². The van der Waals surface area contributed by atoms with Crippen molar-refractivity contribution < 1.29 is 0 Å². The summed E-state index contributed by atoms with van der Waals surface area (Å²) in [7, 11) is 0. The lowest BCUT2D eigenvalue weighted by molar-refractivity contribution is 0.0686. The maximum Gasteiger partial charge on any atom is 0.0208 e. The van der Waals surface area contributed by atoms with Gasteiger partial charge < -0.3 is 5.32 Å². The molecule has 2 nitrogen and oxygen atoms in total. The Hall–Kier alpha value is -0.0800. The summed E-state index contributed by atoms with van der Waals surface area (Å²) in [6, 6.07) is 0.742. The van der Waals surface area contributed by atoms with Crippen LogP contribution in [0.2, 0.25) is 0 Å². The van der Waals surface area contributed by atoms with Crippen LogP contribution in [-0.2, 0) is 0 Å². The van der Waals surface area contributed by atoms with Gasteiger partial charge in [0.2, 0.25) is 0 Å². The molecule has 2 heteroatoms. The largest absolute Gasteiger partial charge is 0.309 e. The summed E-state index contributed by atoms with van der Waals surface area (Å²) in [6.45, 7) is 11.8. The highest BCUT2D eigenvalue weighted by Crippen LogP contribution is 2.35. The van der Waals surface area contributed by atoms with Crippen molar-refractivity contribution in [2.24, 2.45) is 0 Å². The number of piperidine rings is 1. The quantitative estimate of drug-likeness (QED) is 0.660. The molecule has 0 bridgehead atoms. The molecule has 2 fully saturated rings. The molecule has 2 saturated heterocycles. The maximum absolute atomic E-state index is 3.81. The minimum Gasteiger partial charge on any atom is -0.309 e. The molecule has 0 aromatic rings. The molecule has 1 atom stereocenters. The Morgan fingerprint density at radius 1 is 1.13 bits per heavy atom. The van der Waals surface area contributed by atoms with Crippen LogP contribution in [0.5, 0.6) is 0 Å². The molecular weight excluding hydrogens is 184 g/mol. The SMILES string of the molecule is CC1CCC2(CCN(C(C)(C)C)CC2)N1. The average Bonchev–Trinajstić information content (AvgIpc) is 2.47. The summed E-state index contributed by atoms with van der Waals surface area (Å²) in [4.78, 5) is 2.63. The molecule has 0 aromatic carbocycles. The van der Waals surface area contributed by atoms with E-state index in [-0.39, 0.29) is 0 Å². The van der Waals surface area contributed by atoms with Crippen LogP contribution >= 0.6 is 0 Å². The molecule has 88 valence electrons. The summed E-state index contributed by atoms with van der Waals surface area (Å²) < 4.78 is 0. The summed E-state index contributed by atoms with van der Waals surface area (Å²) in [5, 5.41) is 3.81. The lowest BCUT2D eigenvalue weighted by Crippen LogP contribution is -2.55. The first-order valence-corrected chi connectivity index (χ1v) is 6.44. The van der Waals surface area contributed by atoms with Crippen LogP contribution in [-0.4, -0.2) is 35.1 Å². The third-order valence-electron chi connectivity index (χ3n) is 4.28. The molecule has 0 aromatic heterocycles. The van der Waals surface area contributed by atoms with Crippen LogP contribution in [0.4, 0.5) is 0 Å². The second-order valence-corrected chi connectivity index (χ2v) is 6.52. The van der Waals surface area contributed by atoms with Crippen molar-refractivity contribution >= 4 is 0 Å². The van der Waals surface area contributed by atoms with Crippen molar-refractivity contribution in [3.8, 4) is 0 Å². The van der Waals surface area contributed by atoms with Gasteiger partial charge in [0, 0.05) is 30.2 Å². The van der Waals surface area contributed by atoms with Gasteiger partial charge in [-0.2, -0.15) is 0 Å². The Balaban J connectivity index is 1.92. The normalized spacial score (nSPS) is 32.4. The second-order valence-electron chi connectivity index (χ2n) is 6.52.